The molecule has 29 heavy (non-hydrogen) atoms. The Bertz CT molecular complexity index is 833. The normalized spacial score (nSPS) is 26.9. The Morgan fingerprint density at radius 1 is 1.21 bits per heavy atom. The van der Waals surface area contributed by atoms with E-state index in [0.29, 0.717) is 12.1 Å². The first-order valence-corrected chi connectivity index (χ1v) is 10.7. The van der Waals surface area contributed by atoms with Crippen LogP contribution in [-0.2, 0) is 9.59 Å². The molecule has 3 fully saturated rings. The molecule has 1 aliphatic carbocycles. The van der Waals surface area contributed by atoms with Gasteiger partial charge in [-0.1, -0.05) is 19.8 Å². The second-order valence-electron chi connectivity index (χ2n) is 8.68. The summed E-state index contributed by atoms with van der Waals surface area (Å²) >= 11 is 0. The Kier molecular flexibility index (Phi) is 5.23. The van der Waals surface area contributed by atoms with Crippen LogP contribution >= 0.6 is 0 Å². The number of urea groups is 1. The van der Waals surface area contributed by atoms with Gasteiger partial charge >= 0.3 is 6.03 Å². The van der Waals surface area contributed by atoms with E-state index in [1.807, 2.05) is 32.0 Å². The van der Waals surface area contributed by atoms with Gasteiger partial charge < -0.3 is 15.5 Å². The van der Waals surface area contributed by atoms with E-state index in [1.54, 1.807) is 0 Å². The van der Waals surface area contributed by atoms with Crippen LogP contribution < -0.4 is 15.5 Å². The van der Waals surface area contributed by atoms with Crippen molar-refractivity contribution in [2.45, 2.75) is 57.9 Å². The Hall–Kier alpha value is -2.57. The number of carbonyl (C=O) groups excluding carboxylic acids is 3. The molecule has 1 saturated carbocycles. The summed E-state index contributed by atoms with van der Waals surface area (Å²) in [5.41, 5.74) is 2.16. The molecule has 1 spiro atoms. The molecular formula is C22H30N4O3. The number of amides is 4. The van der Waals surface area contributed by atoms with Gasteiger partial charge in [0.25, 0.3) is 5.91 Å². The Morgan fingerprint density at radius 2 is 1.97 bits per heavy atom. The van der Waals surface area contributed by atoms with Gasteiger partial charge in [0.15, 0.2) is 0 Å². The van der Waals surface area contributed by atoms with E-state index in [1.165, 1.54) is 18.5 Å². The predicted molar refractivity (Wildman–Crippen MR) is 112 cm³/mol. The van der Waals surface area contributed by atoms with E-state index in [-0.39, 0.29) is 24.3 Å². The minimum atomic E-state index is -0.830. The van der Waals surface area contributed by atoms with Crippen molar-refractivity contribution in [3.8, 4) is 0 Å². The largest absolute Gasteiger partial charge is 0.371 e. The number of rotatable bonds is 4. The monoisotopic (exact) mass is 398 g/mol. The lowest BCUT2D eigenvalue weighted by Crippen LogP contribution is -2.54. The Morgan fingerprint density at radius 3 is 2.66 bits per heavy atom. The quantitative estimate of drug-likeness (QED) is 0.764. The minimum absolute atomic E-state index is 0.0848. The maximum Gasteiger partial charge on any atom is 0.325 e. The number of carbonyl (C=O) groups is 3. The maximum absolute atomic E-state index is 13.0. The van der Waals surface area contributed by atoms with Crippen LogP contribution in [0.2, 0.25) is 0 Å². The summed E-state index contributed by atoms with van der Waals surface area (Å²) in [4.78, 5) is 41.4. The zero-order valence-electron chi connectivity index (χ0n) is 17.3. The highest BCUT2D eigenvalue weighted by Gasteiger charge is 2.55. The lowest BCUT2D eigenvalue weighted by molar-refractivity contribution is -0.136. The van der Waals surface area contributed by atoms with Crippen LogP contribution in [0.1, 0.15) is 51.0 Å². The van der Waals surface area contributed by atoms with Gasteiger partial charge in [0, 0.05) is 24.5 Å². The van der Waals surface area contributed by atoms with Gasteiger partial charge in [0.05, 0.1) is 0 Å². The fourth-order valence-electron chi connectivity index (χ4n) is 5.03. The standard InChI is InChI=1S/C22H30N4O3/c1-15-13-17(8-9-18(15)25-11-5-6-12-25)23-19(27)14-26-20(28)22(24-21(26)29)10-4-3-7-16(22)2/h8-9,13,16H,3-7,10-12,14H2,1-2H3,(H,23,27)(H,24,29). The van der Waals surface area contributed by atoms with E-state index in [9.17, 15) is 14.4 Å². The van der Waals surface area contributed by atoms with Crippen LogP contribution in [0.5, 0.6) is 0 Å². The van der Waals surface area contributed by atoms with Crippen LogP contribution in [0.15, 0.2) is 18.2 Å². The van der Waals surface area contributed by atoms with E-state index >= 15 is 0 Å². The highest BCUT2D eigenvalue weighted by molar-refractivity contribution is 6.10. The average molecular weight is 399 g/mol. The van der Waals surface area contributed by atoms with Crippen LogP contribution in [0.25, 0.3) is 0 Å². The van der Waals surface area contributed by atoms with Gasteiger partial charge in [-0.15, -0.1) is 0 Å². The van der Waals surface area contributed by atoms with E-state index in [4.69, 9.17) is 0 Å². The molecule has 7 nitrogen and oxygen atoms in total. The molecule has 2 aliphatic heterocycles. The lowest BCUT2D eigenvalue weighted by Gasteiger charge is -2.36. The highest BCUT2D eigenvalue weighted by Crippen LogP contribution is 2.38. The SMILES string of the molecule is Cc1cc(NC(=O)CN2C(=O)NC3(CCCCC3C)C2=O)ccc1N1CCCC1. The summed E-state index contributed by atoms with van der Waals surface area (Å²) in [6.45, 7) is 5.92. The van der Waals surface area contributed by atoms with E-state index < -0.39 is 11.6 Å². The molecule has 1 aromatic carbocycles. The van der Waals surface area contributed by atoms with Gasteiger partial charge in [0.1, 0.15) is 12.1 Å². The molecule has 0 aromatic heterocycles. The summed E-state index contributed by atoms with van der Waals surface area (Å²) in [5.74, 6) is -0.533. The van der Waals surface area contributed by atoms with Gasteiger partial charge in [-0.05, 0) is 62.3 Å². The summed E-state index contributed by atoms with van der Waals surface area (Å²) < 4.78 is 0. The number of hydrogen-bond donors (Lipinski definition) is 2. The third-order valence-electron chi connectivity index (χ3n) is 6.73. The van der Waals surface area contributed by atoms with Crippen molar-refractivity contribution in [2.75, 3.05) is 29.9 Å². The average Bonchev–Trinajstić information content (AvgIpc) is 3.28. The molecule has 3 aliphatic rings. The van der Waals surface area contributed by atoms with Crippen LogP contribution in [0.4, 0.5) is 16.2 Å². The number of aryl methyl sites for hydroxylation is 1. The minimum Gasteiger partial charge on any atom is -0.371 e. The first-order valence-electron chi connectivity index (χ1n) is 10.7. The molecule has 2 unspecified atom stereocenters. The Labute approximate surface area is 171 Å². The number of nitrogens with zero attached hydrogens (tertiary/aromatic N) is 2. The second kappa shape index (κ2) is 7.69. The number of imide groups is 1. The molecule has 0 bridgehead atoms. The summed E-state index contributed by atoms with van der Waals surface area (Å²) in [7, 11) is 0. The first-order chi connectivity index (χ1) is 13.9. The molecule has 7 heteroatoms. The molecular weight excluding hydrogens is 368 g/mol. The van der Waals surface area contributed by atoms with Crippen LogP contribution in [0, 0.1) is 12.8 Å². The third-order valence-corrected chi connectivity index (χ3v) is 6.73. The van der Waals surface area contributed by atoms with Gasteiger partial charge in [0.2, 0.25) is 5.91 Å². The smallest absolute Gasteiger partial charge is 0.325 e. The Balaban J connectivity index is 1.41. The van der Waals surface area contributed by atoms with Crippen LogP contribution in [0.3, 0.4) is 0 Å². The molecule has 4 amide bonds. The number of benzene rings is 1. The van der Waals surface area contributed by atoms with Crippen molar-refractivity contribution in [3.05, 3.63) is 23.8 Å². The predicted octanol–water partition coefficient (Wildman–Crippen LogP) is 3.03. The van der Waals surface area contributed by atoms with Crippen molar-refractivity contribution in [3.63, 3.8) is 0 Å². The van der Waals surface area contributed by atoms with Crippen molar-refractivity contribution in [1.82, 2.24) is 10.2 Å². The van der Waals surface area contributed by atoms with E-state index in [2.05, 4.69) is 15.5 Å². The van der Waals surface area contributed by atoms with Gasteiger partial charge in [-0.3, -0.25) is 14.5 Å². The lowest BCUT2D eigenvalue weighted by atomic mass is 9.73. The topological polar surface area (TPSA) is 81.8 Å². The molecule has 2 atom stereocenters. The second-order valence-corrected chi connectivity index (χ2v) is 8.68. The molecule has 2 heterocycles. The van der Waals surface area contributed by atoms with Crippen LogP contribution in [-0.4, -0.2) is 47.9 Å². The summed E-state index contributed by atoms with van der Waals surface area (Å²) in [6.07, 6.45) is 5.97. The molecule has 1 aromatic rings. The van der Waals surface area contributed by atoms with Crippen molar-refractivity contribution < 1.29 is 14.4 Å². The zero-order valence-corrected chi connectivity index (χ0v) is 17.3. The number of hydrogen-bond acceptors (Lipinski definition) is 4. The molecule has 0 radical (unpaired) electrons. The first kappa shape index (κ1) is 19.7. The highest BCUT2D eigenvalue weighted by atomic mass is 16.2. The zero-order chi connectivity index (χ0) is 20.6. The third kappa shape index (κ3) is 3.58. The number of anilines is 2. The molecule has 2 N–H and O–H groups in total. The molecule has 4 rings (SSSR count). The van der Waals surface area contributed by atoms with E-state index in [0.717, 1.165) is 42.8 Å². The van der Waals surface area contributed by atoms with Gasteiger partial charge in [-0.25, -0.2) is 4.79 Å². The van der Waals surface area contributed by atoms with Crippen molar-refractivity contribution in [2.24, 2.45) is 5.92 Å². The van der Waals surface area contributed by atoms with Crippen molar-refractivity contribution in [1.29, 1.82) is 0 Å². The summed E-state index contributed by atoms with van der Waals surface area (Å²) in [5, 5.41) is 5.73. The molecule has 2 saturated heterocycles. The molecule has 156 valence electrons. The van der Waals surface area contributed by atoms with Crippen molar-refractivity contribution >= 4 is 29.2 Å². The fraction of sp³-hybridized carbons (Fsp3) is 0.591. The maximum atomic E-state index is 13.0. The fourth-order valence-corrected chi connectivity index (χ4v) is 5.03. The number of nitrogens with one attached hydrogen (secondary N) is 2. The summed E-state index contributed by atoms with van der Waals surface area (Å²) in [6, 6.07) is 5.40. The van der Waals surface area contributed by atoms with Gasteiger partial charge in [-0.2, -0.15) is 0 Å².